The van der Waals surface area contributed by atoms with Gasteiger partial charge in [-0.1, -0.05) is 51.1 Å². The van der Waals surface area contributed by atoms with Crippen molar-refractivity contribution in [2.45, 2.75) is 32.7 Å². The van der Waals surface area contributed by atoms with Crippen molar-refractivity contribution in [2.75, 3.05) is 0 Å². The zero-order valence-corrected chi connectivity index (χ0v) is 16.8. The lowest BCUT2D eigenvalue weighted by molar-refractivity contribution is 0.0950. The molecule has 0 atom stereocenters. The largest absolute Gasteiger partial charge is 0.348 e. The zero-order valence-electron chi connectivity index (χ0n) is 16.8. The molecule has 0 bridgehead atoms. The summed E-state index contributed by atoms with van der Waals surface area (Å²) in [6.07, 6.45) is 5.05. The van der Waals surface area contributed by atoms with Gasteiger partial charge >= 0.3 is 0 Å². The lowest BCUT2D eigenvalue weighted by Gasteiger charge is -2.14. The first kappa shape index (κ1) is 18.8. The molecule has 0 saturated heterocycles. The molecule has 146 valence electrons. The standard InChI is InChI=1S/C23H23N5O/c1-23(2,3)19-13-20-25-15-18(22(29)26-14-16-9-11-24-12-10-16)21(28(20)27-19)17-7-5-4-6-8-17/h4-13,15H,14H2,1-3H3,(H,26,29). The summed E-state index contributed by atoms with van der Waals surface area (Å²) in [5.74, 6) is -0.192. The number of pyridine rings is 1. The third-order valence-corrected chi connectivity index (χ3v) is 4.75. The molecule has 0 spiro atoms. The number of hydrogen-bond acceptors (Lipinski definition) is 4. The van der Waals surface area contributed by atoms with Crippen LogP contribution in [0.2, 0.25) is 0 Å². The molecule has 4 aromatic rings. The molecule has 0 aliphatic rings. The Kier molecular flexibility index (Phi) is 4.84. The molecule has 6 heteroatoms. The van der Waals surface area contributed by atoms with Crippen LogP contribution in [-0.4, -0.2) is 25.5 Å². The lowest BCUT2D eigenvalue weighted by Crippen LogP contribution is -2.24. The van der Waals surface area contributed by atoms with E-state index in [1.54, 1.807) is 23.1 Å². The van der Waals surface area contributed by atoms with Gasteiger partial charge in [0.25, 0.3) is 5.91 Å². The van der Waals surface area contributed by atoms with Crippen LogP contribution in [0.25, 0.3) is 16.9 Å². The number of carbonyl (C=O) groups is 1. The Balaban J connectivity index is 1.79. The molecule has 0 aliphatic carbocycles. The zero-order chi connectivity index (χ0) is 20.4. The van der Waals surface area contributed by atoms with Crippen LogP contribution in [0.1, 0.15) is 42.4 Å². The van der Waals surface area contributed by atoms with Gasteiger partial charge in [0.2, 0.25) is 0 Å². The normalized spacial score (nSPS) is 11.6. The molecule has 0 radical (unpaired) electrons. The van der Waals surface area contributed by atoms with E-state index in [-0.39, 0.29) is 11.3 Å². The van der Waals surface area contributed by atoms with Gasteiger partial charge in [-0.3, -0.25) is 9.78 Å². The Hall–Kier alpha value is -3.54. The maximum Gasteiger partial charge on any atom is 0.255 e. The highest BCUT2D eigenvalue weighted by atomic mass is 16.1. The van der Waals surface area contributed by atoms with Gasteiger partial charge in [0.05, 0.1) is 17.0 Å². The number of fused-ring (bicyclic) bond motifs is 1. The van der Waals surface area contributed by atoms with E-state index < -0.39 is 0 Å². The quantitative estimate of drug-likeness (QED) is 0.576. The van der Waals surface area contributed by atoms with Gasteiger partial charge in [-0.15, -0.1) is 0 Å². The SMILES string of the molecule is CC(C)(C)c1cc2ncc(C(=O)NCc3ccncc3)c(-c3ccccc3)n2n1. The van der Waals surface area contributed by atoms with Crippen LogP contribution in [0.3, 0.4) is 0 Å². The lowest BCUT2D eigenvalue weighted by atomic mass is 9.93. The summed E-state index contributed by atoms with van der Waals surface area (Å²) < 4.78 is 1.78. The second-order valence-electron chi connectivity index (χ2n) is 7.97. The Bertz CT molecular complexity index is 1140. The van der Waals surface area contributed by atoms with E-state index in [0.717, 1.165) is 28.2 Å². The number of amides is 1. The minimum absolute atomic E-state index is 0.120. The Morgan fingerprint density at radius 1 is 1.07 bits per heavy atom. The number of nitrogens with zero attached hydrogens (tertiary/aromatic N) is 4. The van der Waals surface area contributed by atoms with Crippen LogP contribution in [0, 0.1) is 0 Å². The van der Waals surface area contributed by atoms with E-state index in [9.17, 15) is 4.79 Å². The molecule has 1 N–H and O–H groups in total. The fraction of sp³-hybridized carbons (Fsp3) is 0.217. The molecule has 0 fully saturated rings. The molecule has 0 aliphatic heterocycles. The molecule has 29 heavy (non-hydrogen) atoms. The third-order valence-electron chi connectivity index (χ3n) is 4.75. The van der Waals surface area contributed by atoms with E-state index in [1.807, 2.05) is 48.5 Å². The Morgan fingerprint density at radius 2 is 1.79 bits per heavy atom. The average Bonchev–Trinajstić information content (AvgIpc) is 3.17. The van der Waals surface area contributed by atoms with E-state index in [4.69, 9.17) is 5.10 Å². The van der Waals surface area contributed by atoms with Gasteiger partial charge in [0.1, 0.15) is 0 Å². The smallest absolute Gasteiger partial charge is 0.255 e. The molecule has 3 aromatic heterocycles. The van der Waals surface area contributed by atoms with E-state index in [2.05, 4.69) is 36.1 Å². The summed E-state index contributed by atoms with van der Waals surface area (Å²) in [7, 11) is 0. The molecule has 1 aromatic carbocycles. The predicted octanol–water partition coefficient (Wildman–Crippen LogP) is 4.02. The van der Waals surface area contributed by atoms with Crippen LogP contribution in [0.5, 0.6) is 0 Å². The van der Waals surface area contributed by atoms with Crippen molar-refractivity contribution in [2.24, 2.45) is 0 Å². The van der Waals surface area contributed by atoms with Crippen LogP contribution in [0.4, 0.5) is 0 Å². The molecule has 4 rings (SSSR count). The summed E-state index contributed by atoms with van der Waals surface area (Å²) in [5, 5.41) is 7.77. The predicted molar refractivity (Wildman–Crippen MR) is 113 cm³/mol. The maximum atomic E-state index is 13.1. The van der Waals surface area contributed by atoms with Crippen molar-refractivity contribution >= 4 is 11.6 Å². The molecule has 3 heterocycles. The highest BCUT2D eigenvalue weighted by molar-refractivity contribution is 6.00. The Labute approximate surface area is 169 Å². The van der Waals surface area contributed by atoms with Crippen molar-refractivity contribution < 1.29 is 4.79 Å². The monoisotopic (exact) mass is 385 g/mol. The van der Waals surface area contributed by atoms with E-state index in [0.29, 0.717) is 12.1 Å². The molecule has 6 nitrogen and oxygen atoms in total. The topological polar surface area (TPSA) is 72.2 Å². The fourth-order valence-corrected chi connectivity index (χ4v) is 3.12. The third kappa shape index (κ3) is 3.87. The first-order chi connectivity index (χ1) is 13.9. The number of hydrogen-bond donors (Lipinski definition) is 1. The molecule has 0 unspecified atom stereocenters. The number of nitrogens with one attached hydrogen (secondary N) is 1. The van der Waals surface area contributed by atoms with Gasteiger partial charge < -0.3 is 5.32 Å². The summed E-state index contributed by atoms with van der Waals surface area (Å²) >= 11 is 0. The number of aromatic nitrogens is 4. The Morgan fingerprint density at radius 3 is 2.48 bits per heavy atom. The van der Waals surface area contributed by atoms with Gasteiger partial charge in [-0.05, 0) is 17.7 Å². The summed E-state index contributed by atoms with van der Waals surface area (Å²) in [6.45, 7) is 6.75. The second-order valence-corrected chi connectivity index (χ2v) is 7.97. The van der Waals surface area contributed by atoms with Gasteiger partial charge in [-0.25, -0.2) is 9.50 Å². The van der Waals surface area contributed by atoms with Crippen molar-refractivity contribution in [3.63, 3.8) is 0 Å². The molecular weight excluding hydrogens is 362 g/mol. The van der Waals surface area contributed by atoms with Crippen LogP contribution < -0.4 is 5.32 Å². The summed E-state index contributed by atoms with van der Waals surface area (Å²) in [6, 6.07) is 15.5. The van der Waals surface area contributed by atoms with Crippen LogP contribution in [-0.2, 0) is 12.0 Å². The van der Waals surface area contributed by atoms with Crippen molar-refractivity contribution in [1.29, 1.82) is 0 Å². The van der Waals surface area contributed by atoms with Crippen LogP contribution in [0.15, 0.2) is 67.1 Å². The first-order valence-electron chi connectivity index (χ1n) is 9.55. The second kappa shape index (κ2) is 7.47. The summed E-state index contributed by atoms with van der Waals surface area (Å²) in [5.41, 5.74) is 4.65. The number of benzene rings is 1. The maximum absolute atomic E-state index is 13.1. The fourth-order valence-electron chi connectivity index (χ4n) is 3.12. The minimum Gasteiger partial charge on any atom is -0.348 e. The number of carbonyl (C=O) groups excluding carboxylic acids is 1. The average molecular weight is 385 g/mol. The minimum atomic E-state index is -0.192. The molecular formula is C23H23N5O. The van der Waals surface area contributed by atoms with E-state index in [1.165, 1.54) is 0 Å². The van der Waals surface area contributed by atoms with Crippen molar-refractivity contribution in [3.05, 3.63) is 83.9 Å². The van der Waals surface area contributed by atoms with Crippen LogP contribution >= 0.6 is 0 Å². The number of rotatable bonds is 4. The van der Waals surface area contributed by atoms with Crippen molar-refractivity contribution in [1.82, 2.24) is 24.9 Å². The van der Waals surface area contributed by atoms with Crippen molar-refractivity contribution in [3.8, 4) is 11.3 Å². The molecule has 1 amide bonds. The highest BCUT2D eigenvalue weighted by Gasteiger charge is 2.22. The van der Waals surface area contributed by atoms with Gasteiger partial charge in [-0.2, -0.15) is 5.10 Å². The summed E-state index contributed by atoms with van der Waals surface area (Å²) in [4.78, 5) is 21.6. The van der Waals surface area contributed by atoms with E-state index >= 15 is 0 Å². The van der Waals surface area contributed by atoms with Gasteiger partial charge in [0.15, 0.2) is 5.65 Å². The molecule has 0 saturated carbocycles. The highest BCUT2D eigenvalue weighted by Crippen LogP contribution is 2.27. The van der Waals surface area contributed by atoms with Gasteiger partial charge in [0, 0.05) is 42.2 Å². The first-order valence-corrected chi connectivity index (χ1v) is 9.55.